The second kappa shape index (κ2) is 7.78. The summed E-state index contributed by atoms with van der Waals surface area (Å²) in [6.45, 7) is 5.25. The molecule has 1 aromatic heterocycles. The van der Waals surface area contributed by atoms with E-state index in [1.54, 1.807) is 4.90 Å². The number of ether oxygens (including phenoxy) is 1. The molecule has 1 aliphatic heterocycles. The number of aromatic nitrogens is 1. The van der Waals surface area contributed by atoms with Crippen LogP contribution in [0.2, 0.25) is 0 Å². The van der Waals surface area contributed by atoms with Crippen molar-refractivity contribution in [1.29, 1.82) is 0 Å². The molecule has 0 N–H and O–H groups in total. The van der Waals surface area contributed by atoms with E-state index in [1.807, 2.05) is 55.0 Å². The summed E-state index contributed by atoms with van der Waals surface area (Å²) >= 11 is 1.39. The van der Waals surface area contributed by atoms with E-state index >= 15 is 0 Å². The van der Waals surface area contributed by atoms with Gasteiger partial charge in [-0.15, -0.1) is 0 Å². The molecule has 0 atom stereocenters. The Balaban J connectivity index is 2.03. The quantitative estimate of drug-likeness (QED) is 0.598. The van der Waals surface area contributed by atoms with E-state index in [0.717, 1.165) is 21.6 Å². The van der Waals surface area contributed by atoms with Crippen LogP contribution in [0.3, 0.4) is 0 Å². The predicted octanol–water partition coefficient (Wildman–Crippen LogP) is 3.13. The monoisotopic (exact) mass is 371 g/mol. The molecule has 1 saturated heterocycles. The third kappa shape index (κ3) is 3.39. The van der Waals surface area contributed by atoms with Crippen molar-refractivity contribution in [3.63, 3.8) is 0 Å². The highest BCUT2D eigenvalue weighted by Gasteiger charge is 2.32. The topological polar surface area (TPSA) is 63.9 Å². The molecule has 1 aromatic carbocycles. The molecule has 0 bridgehead atoms. The van der Waals surface area contributed by atoms with Crippen LogP contribution >= 0.6 is 11.8 Å². The Morgan fingerprint density at radius 2 is 2.08 bits per heavy atom. The maximum Gasteiger partial charge on any atom is 0.325 e. The van der Waals surface area contributed by atoms with E-state index in [2.05, 4.69) is 4.99 Å². The van der Waals surface area contributed by atoms with Crippen molar-refractivity contribution in [1.82, 2.24) is 9.47 Å². The van der Waals surface area contributed by atoms with Gasteiger partial charge in [-0.25, -0.2) is 0 Å². The number of rotatable bonds is 5. The molecule has 1 amide bonds. The van der Waals surface area contributed by atoms with Gasteiger partial charge >= 0.3 is 5.97 Å². The average molecular weight is 371 g/mol. The number of aliphatic imine (C=N–C) groups is 1. The van der Waals surface area contributed by atoms with Crippen LogP contribution in [0.5, 0.6) is 0 Å². The maximum atomic E-state index is 12.7. The number of benzene rings is 1. The molecule has 136 valence electrons. The Kier molecular flexibility index (Phi) is 5.46. The van der Waals surface area contributed by atoms with Crippen LogP contribution in [0.1, 0.15) is 19.4 Å². The number of amides is 1. The van der Waals surface area contributed by atoms with Crippen molar-refractivity contribution in [3.8, 4) is 0 Å². The van der Waals surface area contributed by atoms with Gasteiger partial charge in [-0.05, 0) is 37.8 Å². The van der Waals surface area contributed by atoms with Crippen molar-refractivity contribution in [3.05, 3.63) is 40.9 Å². The van der Waals surface area contributed by atoms with Crippen molar-refractivity contribution >= 4 is 45.8 Å². The summed E-state index contributed by atoms with van der Waals surface area (Å²) in [4.78, 5) is 31.1. The van der Waals surface area contributed by atoms with E-state index in [1.165, 1.54) is 18.9 Å². The molecule has 1 aliphatic rings. The van der Waals surface area contributed by atoms with Gasteiger partial charge in [-0.1, -0.05) is 18.2 Å². The van der Waals surface area contributed by atoms with Crippen LogP contribution in [0, 0.1) is 0 Å². The van der Waals surface area contributed by atoms with Crippen molar-refractivity contribution in [2.24, 2.45) is 4.99 Å². The molecule has 0 aliphatic carbocycles. The number of hydrogen-bond acceptors (Lipinski definition) is 5. The molecule has 6 nitrogen and oxygen atoms in total. The SMILES string of the molecule is CCN=C1S/C(=C\c2cn(CC(=O)OC)c3ccccc23)C(=O)N1CC. The van der Waals surface area contributed by atoms with Gasteiger partial charge < -0.3 is 9.30 Å². The number of esters is 1. The van der Waals surface area contributed by atoms with E-state index in [9.17, 15) is 9.59 Å². The first-order chi connectivity index (χ1) is 12.6. The van der Waals surface area contributed by atoms with Crippen LogP contribution in [0.25, 0.3) is 17.0 Å². The summed E-state index contributed by atoms with van der Waals surface area (Å²) in [6.07, 6.45) is 3.76. The molecule has 0 unspecified atom stereocenters. The number of nitrogens with zero attached hydrogens (tertiary/aromatic N) is 3. The molecule has 3 rings (SSSR count). The maximum absolute atomic E-state index is 12.7. The smallest absolute Gasteiger partial charge is 0.325 e. The molecule has 7 heteroatoms. The van der Waals surface area contributed by atoms with Gasteiger partial charge in [0.1, 0.15) is 6.54 Å². The third-order valence-corrected chi connectivity index (χ3v) is 5.18. The first-order valence-electron chi connectivity index (χ1n) is 8.49. The summed E-state index contributed by atoms with van der Waals surface area (Å²) in [5, 5.41) is 1.73. The minimum absolute atomic E-state index is 0.0329. The number of hydrogen-bond donors (Lipinski definition) is 0. The van der Waals surface area contributed by atoms with Crippen LogP contribution in [0.15, 0.2) is 40.4 Å². The molecule has 26 heavy (non-hydrogen) atoms. The molecule has 0 saturated carbocycles. The van der Waals surface area contributed by atoms with Crippen LogP contribution in [0.4, 0.5) is 0 Å². The lowest BCUT2D eigenvalue weighted by Crippen LogP contribution is -2.28. The Morgan fingerprint density at radius 3 is 2.77 bits per heavy atom. The number of fused-ring (bicyclic) bond motifs is 1. The van der Waals surface area contributed by atoms with E-state index in [-0.39, 0.29) is 18.4 Å². The molecule has 1 fully saturated rings. The van der Waals surface area contributed by atoms with Crippen molar-refractivity contribution in [2.75, 3.05) is 20.2 Å². The molecule has 2 aromatic rings. The van der Waals surface area contributed by atoms with Crippen LogP contribution < -0.4 is 0 Å². The Morgan fingerprint density at radius 1 is 1.31 bits per heavy atom. The van der Waals surface area contributed by atoms with Crippen molar-refractivity contribution in [2.45, 2.75) is 20.4 Å². The molecule has 0 spiro atoms. The van der Waals surface area contributed by atoms with E-state index < -0.39 is 0 Å². The first-order valence-corrected chi connectivity index (χ1v) is 9.31. The normalized spacial score (nSPS) is 17.7. The fraction of sp³-hybridized carbons (Fsp3) is 0.316. The Bertz CT molecular complexity index is 914. The lowest BCUT2D eigenvalue weighted by Gasteiger charge is -2.11. The van der Waals surface area contributed by atoms with Gasteiger partial charge in [0.25, 0.3) is 5.91 Å². The minimum Gasteiger partial charge on any atom is -0.468 e. The Hall–Kier alpha value is -2.54. The molecule has 0 radical (unpaired) electrons. The number of methoxy groups -OCH3 is 1. The lowest BCUT2D eigenvalue weighted by molar-refractivity contribution is -0.141. The molecule has 2 heterocycles. The summed E-state index contributed by atoms with van der Waals surface area (Å²) < 4.78 is 6.62. The zero-order chi connectivity index (χ0) is 18.7. The molecular formula is C19H21N3O3S. The summed E-state index contributed by atoms with van der Waals surface area (Å²) in [5.41, 5.74) is 1.82. The summed E-state index contributed by atoms with van der Waals surface area (Å²) in [7, 11) is 1.37. The average Bonchev–Trinajstić information content (AvgIpc) is 3.13. The zero-order valence-corrected chi connectivity index (χ0v) is 15.9. The third-order valence-electron chi connectivity index (χ3n) is 4.13. The highest BCUT2D eigenvalue weighted by atomic mass is 32.2. The largest absolute Gasteiger partial charge is 0.468 e. The second-order valence-corrected chi connectivity index (χ2v) is 6.73. The number of carbonyl (C=O) groups is 2. The fourth-order valence-corrected chi connectivity index (χ4v) is 4.00. The van der Waals surface area contributed by atoms with Gasteiger partial charge in [0, 0.05) is 35.8 Å². The van der Waals surface area contributed by atoms with Crippen molar-refractivity contribution < 1.29 is 14.3 Å². The second-order valence-electron chi connectivity index (χ2n) is 5.72. The van der Waals surface area contributed by atoms with Crippen LogP contribution in [-0.4, -0.2) is 46.7 Å². The minimum atomic E-state index is -0.314. The number of likely N-dealkylation sites (N-methyl/N-ethyl adjacent to an activating group) is 1. The highest BCUT2D eigenvalue weighted by molar-refractivity contribution is 8.18. The van der Waals surface area contributed by atoms with Gasteiger partial charge in [-0.2, -0.15) is 0 Å². The summed E-state index contributed by atoms with van der Waals surface area (Å²) in [6, 6.07) is 7.80. The fourth-order valence-electron chi connectivity index (χ4n) is 2.91. The zero-order valence-electron chi connectivity index (χ0n) is 15.1. The number of thioether (sulfide) groups is 1. The number of carbonyl (C=O) groups excluding carboxylic acids is 2. The highest BCUT2D eigenvalue weighted by Crippen LogP contribution is 2.34. The standard InChI is InChI=1S/C19H21N3O3S/c1-4-20-19-22(5-2)18(24)16(26-19)10-13-11-21(12-17(23)25-3)15-9-7-6-8-14(13)15/h6-11H,4-5,12H2,1-3H3/b16-10-,20-19?. The van der Waals surface area contributed by atoms with Gasteiger partial charge in [0.15, 0.2) is 5.17 Å². The lowest BCUT2D eigenvalue weighted by atomic mass is 10.1. The van der Waals surface area contributed by atoms with E-state index in [4.69, 9.17) is 4.74 Å². The predicted molar refractivity (Wildman–Crippen MR) is 105 cm³/mol. The van der Waals surface area contributed by atoms with Gasteiger partial charge in [0.05, 0.1) is 12.0 Å². The summed E-state index contributed by atoms with van der Waals surface area (Å²) in [5.74, 6) is -0.347. The van der Waals surface area contributed by atoms with Gasteiger partial charge in [0.2, 0.25) is 0 Å². The first kappa shape index (κ1) is 18.3. The Labute approximate surface area is 156 Å². The van der Waals surface area contributed by atoms with Gasteiger partial charge in [-0.3, -0.25) is 19.5 Å². The van der Waals surface area contributed by atoms with Crippen LogP contribution in [-0.2, 0) is 20.9 Å². The number of amidine groups is 1. The number of para-hydroxylation sites is 1. The van der Waals surface area contributed by atoms with E-state index in [0.29, 0.717) is 18.0 Å². The molecular weight excluding hydrogens is 350 g/mol.